The van der Waals surface area contributed by atoms with E-state index in [-0.39, 0.29) is 17.4 Å². The molecule has 1 aromatic rings. The zero-order chi connectivity index (χ0) is 13.6. The van der Waals surface area contributed by atoms with Gasteiger partial charge in [0.05, 0.1) is 5.75 Å². The molecule has 0 saturated carbocycles. The SMILES string of the molecule is COCc1nnc(NC(=O)CS(=O)(=O)CCN)s1. The Bertz CT molecular complexity index is 499. The third kappa shape index (κ3) is 5.04. The number of carbonyl (C=O) groups excluding carboxylic acids is 1. The first-order chi connectivity index (χ1) is 8.46. The molecular formula is C8H14N4O4S2. The molecule has 0 aromatic carbocycles. The summed E-state index contributed by atoms with van der Waals surface area (Å²) in [7, 11) is -1.95. The maximum atomic E-state index is 11.4. The van der Waals surface area contributed by atoms with Crippen LogP contribution in [-0.4, -0.2) is 49.7 Å². The van der Waals surface area contributed by atoms with Gasteiger partial charge in [-0.05, 0) is 0 Å². The van der Waals surface area contributed by atoms with Gasteiger partial charge in [-0.2, -0.15) is 0 Å². The summed E-state index contributed by atoms with van der Waals surface area (Å²) in [5.74, 6) is -1.47. The Hall–Kier alpha value is -1.10. The summed E-state index contributed by atoms with van der Waals surface area (Å²) in [6, 6.07) is 0. The van der Waals surface area contributed by atoms with E-state index < -0.39 is 21.5 Å². The quantitative estimate of drug-likeness (QED) is 0.660. The maximum absolute atomic E-state index is 11.4. The van der Waals surface area contributed by atoms with Crippen LogP contribution in [0.4, 0.5) is 5.13 Å². The van der Waals surface area contributed by atoms with Crippen molar-refractivity contribution in [3.8, 4) is 0 Å². The van der Waals surface area contributed by atoms with Crippen LogP contribution in [0.5, 0.6) is 0 Å². The third-order valence-corrected chi connectivity index (χ3v) is 4.13. The normalized spacial score (nSPS) is 11.4. The summed E-state index contributed by atoms with van der Waals surface area (Å²) in [6.07, 6.45) is 0. The average molecular weight is 294 g/mol. The van der Waals surface area contributed by atoms with Gasteiger partial charge in [0.2, 0.25) is 11.0 Å². The molecular weight excluding hydrogens is 280 g/mol. The zero-order valence-corrected chi connectivity index (χ0v) is 11.4. The Balaban J connectivity index is 2.54. The molecule has 3 N–H and O–H groups in total. The number of nitrogens with one attached hydrogen (secondary N) is 1. The Labute approximate surface area is 108 Å². The van der Waals surface area contributed by atoms with Gasteiger partial charge >= 0.3 is 0 Å². The number of sulfone groups is 1. The summed E-state index contributed by atoms with van der Waals surface area (Å²) >= 11 is 1.13. The van der Waals surface area contributed by atoms with Crippen molar-refractivity contribution in [1.29, 1.82) is 0 Å². The number of ether oxygens (including phenoxy) is 1. The minimum absolute atomic E-state index is 0.00753. The number of amides is 1. The van der Waals surface area contributed by atoms with Crippen LogP contribution in [0.15, 0.2) is 0 Å². The second-order valence-corrected chi connectivity index (χ2v) is 6.61. The monoisotopic (exact) mass is 294 g/mol. The molecule has 18 heavy (non-hydrogen) atoms. The summed E-state index contributed by atoms with van der Waals surface area (Å²) in [6.45, 7) is 0.283. The second kappa shape index (κ2) is 6.73. The van der Waals surface area contributed by atoms with E-state index in [0.29, 0.717) is 11.6 Å². The summed E-state index contributed by atoms with van der Waals surface area (Å²) in [5.41, 5.74) is 5.13. The van der Waals surface area contributed by atoms with Crippen LogP contribution in [0, 0.1) is 0 Å². The van der Waals surface area contributed by atoms with Crippen molar-refractivity contribution in [3.05, 3.63) is 5.01 Å². The number of aromatic nitrogens is 2. The molecule has 0 unspecified atom stereocenters. The molecule has 0 aliphatic carbocycles. The van der Waals surface area contributed by atoms with Crippen molar-refractivity contribution in [1.82, 2.24) is 10.2 Å². The Morgan fingerprint density at radius 3 is 2.83 bits per heavy atom. The van der Waals surface area contributed by atoms with E-state index >= 15 is 0 Å². The molecule has 10 heteroatoms. The van der Waals surface area contributed by atoms with Gasteiger partial charge in [-0.3, -0.25) is 10.1 Å². The van der Waals surface area contributed by atoms with Gasteiger partial charge in [0.25, 0.3) is 0 Å². The topological polar surface area (TPSA) is 124 Å². The largest absolute Gasteiger partial charge is 0.377 e. The highest BCUT2D eigenvalue weighted by Crippen LogP contribution is 2.15. The molecule has 1 amide bonds. The molecule has 1 heterocycles. The molecule has 0 spiro atoms. The lowest BCUT2D eigenvalue weighted by atomic mass is 10.7. The standard InChI is InChI=1S/C8H14N4O4S2/c1-16-4-7-11-12-8(17-7)10-6(13)5-18(14,15)3-2-9/h2-5,9H2,1H3,(H,10,12,13). The van der Waals surface area contributed by atoms with Crippen molar-refractivity contribution in [2.75, 3.05) is 30.5 Å². The van der Waals surface area contributed by atoms with Crippen LogP contribution in [0.2, 0.25) is 0 Å². The van der Waals surface area contributed by atoms with Gasteiger partial charge in [-0.1, -0.05) is 11.3 Å². The Kier molecular flexibility index (Phi) is 5.59. The van der Waals surface area contributed by atoms with E-state index in [1.807, 2.05) is 0 Å². The molecule has 1 rings (SSSR count). The predicted octanol–water partition coefficient (Wildman–Crippen LogP) is -1.00. The molecule has 1 aromatic heterocycles. The zero-order valence-electron chi connectivity index (χ0n) is 9.75. The first-order valence-corrected chi connectivity index (χ1v) is 7.62. The lowest BCUT2D eigenvalue weighted by Gasteiger charge is -2.01. The van der Waals surface area contributed by atoms with E-state index in [4.69, 9.17) is 10.5 Å². The highest BCUT2D eigenvalue weighted by molar-refractivity contribution is 7.92. The number of hydrogen-bond acceptors (Lipinski definition) is 8. The van der Waals surface area contributed by atoms with E-state index in [9.17, 15) is 13.2 Å². The Morgan fingerprint density at radius 1 is 1.50 bits per heavy atom. The maximum Gasteiger partial charge on any atom is 0.241 e. The highest BCUT2D eigenvalue weighted by atomic mass is 32.2. The number of methoxy groups -OCH3 is 1. The van der Waals surface area contributed by atoms with Gasteiger partial charge < -0.3 is 10.5 Å². The van der Waals surface area contributed by atoms with E-state index in [0.717, 1.165) is 11.3 Å². The second-order valence-electron chi connectivity index (χ2n) is 3.36. The lowest BCUT2D eigenvalue weighted by molar-refractivity contribution is -0.113. The fourth-order valence-electron chi connectivity index (χ4n) is 1.09. The van der Waals surface area contributed by atoms with Crippen LogP contribution in [0.1, 0.15) is 5.01 Å². The summed E-state index contributed by atoms with van der Waals surface area (Å²) in [5, 5.41) is 10.6. The predicted molar refractivity (Wildman–Crippen MR) is 67.0 cm³/mol. The molecule has 0 bridgehead atoms. The number of carbonyl (C=O) groups is 1. The molecule has 0 saturated heterocycles. The number of nitrogens with zero attached hydrogens (tertiary/aromatic N) is 2. The van der Waals surface area contributed by atoms with Crippen LogP contribution >= 0.6 is 11.3 Å². The van der Waals surface area contributed by atoms with Gasteiger partial charge in [0, 0.05) is 13.7 Å². The van der Waals surface area contributed by atoms with Crippen molar-refractivity contribution in [3.63, 3.8) is 0 Å². The third-order valence-electron chi connectivity index (χ3n) is 1.76. The Morgan fingerprint density at radius 2 is 2.22 bits per heavy atom. The number of hydrogen-bond donors (Lipinski definition) is 2. The molecule has 102 valence electrons. The van der Waals surface area contributed by atoms with Gasteiger partial charge in [0.15, 0.2) is 9.84 Å². The molecule has 0 aliphatic heterocycles. The van der Waals surface area contributed by atoms with Crippen LogP contribution in [-0.2, 0) is 26.0 Å². The van der Waals surface area contributed by atoms with Crippen molar-refractivity contribution in [2.24, 2.45) is 5.73 Å². The minimum atomic E-state index is -3.46. The number of nitrogens with two attached hydrogens (primary N) is 1. The van der Waals surface area contributed by atoms with E-state index in [1.54, 1.807) is 0 Å². The van der Waals surface area contributed by atoms with Gasteiger partial charge in [-0.25, -0.2) is 8.42 Å². The molecule has 0 aliphatic rings. The summed E-state index contributed by atoms with van der Waals surface area (Å²) < 4.78 is 27.5. The van der Waals surface area contributed by atoms with E-state index in [1.165, 1.54) is 7.11 Å². The molecule has 0 fully saturated rings. The fourth-order valence-corrected chi connectivity index (χ4v) is 2.80. The molecule has 0 atom stereocenters. The van der Waals surface area contributed by atoms with Crippen molar-refractivity contribution < 1.29 is 17.9 Å². The molecule has 0 radical (unpaired) electrons. The highest BCUT2D eigenvalue weighted by Gasteiger charge is 2.17. The van der Waals surface area contributed by atoms with Crippen molar-refractivity contribution in [2.45, 2.75) is 6.61 Å². The van der Waals surface area contributed by atoms with Gasteiger partial charge in [-0.15, -0.1) is 10.2 Å². The van der Waals surface area contributed by atoms with E-state index in [2.05, 4.69) is 15.5 Å². The van der Waals surface area contributed by atoms with Gasteiger partial charge in [0.1, 0.15) is 17.4 Å². The average Bonchev–Trinajstić information content (AvgIpc) is 2.64. The molecule has 8 nitrogen and oxygen atoms in total. The lowest BCUT2D eigenvalue weighted by Crippen LogP contribution is -2.27. The van der Waals surface area contributed by atoms with Crippen LogP contribution in [0.25, 0.3) is 0 Å². The smallest absolute Gasteiger partial charge is 0.241 e. The first kappa shape index (κ1) is 15.0. The first-order valence-electron chi connectivity index (χ1n) is 4.98. The minimum Gasteiger partial charge on any atom is -0.377 e. The van der Waals surface area contributed by atoms with Crippen LogP contribution < -0.4 is 11.1 Å². The fraction of sp³-hybridized carbons (Fsp3) is 0.625. The number of rotatable bonds is 7. The van der Waals surface area contributed by atoms with Crippen LogP contribution in [0.3, 0.4) is 0 Å². The summed E-state index contributed by atoms with van der Waals surface area (Å²) in [4.78, 5) is 11.4. The van der Waals surface area contributed by atoms with Crippen molar-refractivity contribution >= 4 is 32.2 Å². The number of anilines is 1.